The van der Waals surface area contributed by atoms with Crippen molar-refractivity contribution >= 4 is 440 Å². The Bertz CT molecular complexity index is 1190. The molecule has 44 heavy (non-hydrogen) atoms. The van der Waals surface area contributed by atoms with E-state index in [-0.39, 0.29) is 0 Å². The molecule has 0 unspecified atom stereocenters. The van der Waals surface area contributed by atoms with Gasteiger partial charge in [0.25, 0.3) is 10.1 Å². The van der Waals surface area contributed by atoms with Crippen molar-refractivity contribution < 1.29 is 13.0 Å². The van der Waals surface area contributed by atoms with E-state index >= 15 is 0 Å². The van der Waals surface area contributed by atoms with Gasteiger partial charge in [-0.1, -0.05) is 398 Å². The van der Waals surface area contributed by atoms with Gasteiger partial charge in [-0.3, -0.25) is 4.55 Å². The van der Waals surface area contributed by atoms with Crippen molar-refractivity contribution in [3.8, 4) is 0 Å². The average Bonchev–Trinajstić information content (AvgIpc) is 2.75. The number of rotatable bonds is 12. The molecule has 0 aromatic carbocycles. The lowest BCUT2D eigenvalue weighted by Crippen LogP contribution is -2.72. The van der Waals surface area contributed by atoms with Gasteiger partial charge in [0.1, 0.15) is 35.6 Å². The average molecular weight is 2390 g/mol. The molecule has 0 aromatic rings. The molecule has 0 fully saturated rings. The monoisotopic (exact) mass is 2370 g/mol. The van der Waals surface area contributed by atoms with Gasteiger partial charge in [-0.15, -0.1) is 0 Å². The summed E-state index contributed by atoms with van der Waals surface area (Å²) in [5, 5.41) is 0. The van der Waals surface area contributed by atoms with Crippen molar-refractivity contribution in [1.29, 1.82) is 0 Å². The van der Waals surface area contributed by atoms with Gasteiger partial charge >= 0.3 is 0 Å². The Morgan fingerprint density at radius 2 is 0.409 bits per heavy atom. The Balaban J connectivity index is 7.56. The normalized spacial score (nSPS) is 17.3. The third-order valence-electron chi connectivity index (χ3n) is 4.99. The van der Waals surface area contributed by atoms with E-state index in [0.717, 1.165) is 0 Å². The molecule has 0 amide bonds. The van der Waals surface area contributed by atoms with Crippen LogP contribution in [-0.4, -0.2) is 53.2 Å². The molecule has 0 atom stereocenters. The molecule has 266 valence electrons. The van der Waals surface area contributed by atoms with E-state index in [4.69, 9.17) is 0 Å². The minimum Gasteiger partial charge on any atom is -0.284 e. The van der Waals surface area contributed by atoms with Crippen LogP contribution in [0.2, 0.25) is 0 Å². The van der Waals surface area contributed by atoms with E-state index in [1.54, 1.807) is 0 Å². The summed E-state index contributed by atoms with van der Waals surface area (Å²) in [5.74, 6) is 0. The van der Waals surface area contributed by atoms with Gasteiger partial charge in [0.15, 0.2) is 2.14 Å². The van der Waals surface area contributed by atoms with E-state index in [0.29, 0.717) is 0 Å². The molecule has 0 aliphatic carbocycles. The maximum absolute atomic E-state index is 12.4. The standard InChI is InChI=1S/C13HBr27O3S/c14-1(15,2(16,17)4(20,21)6(24,25)8(28,29)10(32,33)12(36,37)38)3(18,19)5(22,23)7(26,27)9(30,31)11(34,35)13(39,40)44(41,42)43/h(H,41,42,43). The Morgan fingerprint density at radius 1 is 0.273 bits per heavy atom. The molecule has 3 nitrogen and oxygen atoms in total. The SMILES string of the molecule is O=S(=O)(O)C(Br)(Br)C(Br)(Br)C(Br)(Br)C(Br)(Br)C(Br)(Br)C(Br)(Br)C(Br)(Br)C(Br)(Br)C(Br)(Br)C(Br)(Br)C(Br)(Br)C(Br)(Br)C(Br)(Br)Br. The van der Waals surface area contributed by atoms with Crippen molar-refractivity contribution in [3.05, 3.63) is 0 Å². The first-order valence-corrected chi connectivity index (χ1v) is 31.7. The van der Waals surface area contributed by atoms with Gasteiger partial charge in [0.2, 0.25) is 2.57 Å². The van der Waals surface area contributed by atoms with Gasteiger partial charge in [-0.2, -0.15) is 8.42 Å². The lowest BCUT2D eigenvalue weighted by Gasteiger charge is -2.61. The lowest BCUT2D eigenvalue weighted by atomic mass is 10.0. The summed E-state index contributed by atoms with van der Waals surface area (Å²) in [7, 11) is -4.81. The van der Waals surface area contributed by atoms with E-state index < -0.39 is 50.4 Å². The highest BCUT2D eigenvalue weighted by molar-refractivity contribution is 9.42. The lowest BCUT2D eigenvalue weighted by molar-refractivity contribution is 0.470. The third kappa shape index (κ3) is 9.44. The molecule has 0 saturated heterocycles. The number of alkyl halides is 27. The van der Waals surface area contributed by atoms with E-state index in [1.165, 1.54) is 0 Å². The predicted octanol–water partition coefficient (Wildman–Crippen LogP) is 19.5. The Hall–Kier alpha value is 12.9. The molecule has 1 N–H and O–H groups in total. The second-order valence-corrected chi connectivity index (χ2v) is 58.5. The largest absolute Gasteiger partial charge is 0.293 e. The predicted molar refractivity (Wildman–Crippen MR) is 288 cm³/mol. The summed E-state index contributed by atoms with van der Waals surface area (Å²) in [5.41, 5.74) is 0. The fourth-order valence-electron chi connectivity index (χ4n) is 2.30. The van der Waals surface area contributed by atoms with Crippen molar-refractivity contribution in [1.82, 2.24) is 0 Å². The highest BCUT2D eigenvalue weighted by atomic mass is 80.0. The molecule has 0 radical (unpaired) electrons. The Morgan fingerprint density at radius 3 is 0.545 bits per heavy atom. The van der Waals surface area contributed by atoms with Crippen molar-refractivity contribution in [2.75, 3.05) is 0 Å². The molecule has 0 heterocycles. The summed E-state index contributed by atoms with van der Waals surface area (Å²) in [4.78, 5) is 0. The first-order valence-electron chi connectivity index (χ1n) is 8.82. The van der Waals surface area contributed by atoms with Crippen LogP contribution in [0.5, 0.6) is 0 Å². The van der Waals surface area contributed by atoms with Crippen molar-refractivity contribution in [3.63, 3.8) is 0 Å². The summed E-state index contributed by atoms with van der Waals surface area (Å²) in [6, 6.07) is 0. The highest BCUT2D eigenvalue weighted by Crippen LogP contribution is 2.82. The van der Waals surface area contributed by atoms with Gasteiger partial charge in [0.05, 0.1) is 0 Å². The number of halogens is 27. The maximum atomic E-state index is 12.4. The van der Waals surface area contributed by atoms with Crippen LogP contribution in [0.25, 0.3) is 0 Å². The van der Waals surface area contributed by atoms with Crippen LogP contribution in [0.1, 0.15) is 0 Å². The van der Waals surface area contributed by atoms with Crippen LogP contribution < -0.4 is 0 Å². The minimum atomic E-state index is -4.81. The van der Waals surface area contributed by atoms with E-state index in [1.807, 2.05) is 0 Å². The Kier molecular flexibility index (Phi) is 23.2. The van der Waals surface area contributed by atoms with Gasteiger partial charge in [-0.05, 0) is 31.9 Å². The first-order chi connectivity index (χ1) is 18.2. The Labute approximate surface area is 481 Å². The molecule has 0 bridgehead atoms. The zero-order valence-corrected chi connectivity index (χ0v) is 62.0. The number of hydrogen-bond acceptors (Lipinski definition) is 2. The number of hydrogen-bond donors (Lipinski definition) is 1. The van der Waals surface area contributed by atoms with Gasteiger partial charge < -0.3 is 0 Å². The van der Waals surface area contributed by atoms with Crippen LogP contribution >= 0.6 is 430 Å². The smallest absolute Gasteiger partial charge is 0.284 e. The summed E-state index contributed by atoms with van der Waals surface area (Å²) >= 11 is 99.6. The molecular weight excluding hydrogens is 2390 g/mol. The zero-order valence-electron chi connectivity index (χ0n) is 18.4. The summed E-state index contributed by atoms with van der Waals surface area (Å²) in [6.07, 6.45) is 0. The van der Waals surface area contributed by atoms with Crippen LogP contribution in [0.4, 0.5) is 0 Å². The molecule has 0 aliphatic heterocycles. The van der Waals surface area contributed by atoms with Crippen molar-refractivity contribution in [2.45, 2.75) is 40.3 Å². The minimum absolute atomic E-state index is 0.924. The highest BCUT2D eigenvalue weighted by Gasteiger charge is 2.82. The van der Waals surface area contributed by atoms with Gasteiger partial charge in [-0.25, -0.2) is 0 Å². The second-order valence-electron chi connectivity index (χ2n) is 7.81. The van der Waals surface area contributed by atoms with Gasteiger partial charge in [0, 0.05) is 0 Å². The van der Waals surface area contributed by atoms with Crippen LogP contribution in [0.3, 0.4) is 0 Å². The van der Waals surface area contributed by atoms with Crippen LogP contribution in [-0.2, 0) is 10.1 Å². The summed E-state index contributed by atoms with van der Waals surface area (Å²) in [6.45, 7) is 0. The fraction of sp³-hybridized carbons (Fsp3) is 1.00. The van der Waals surface area contributed by atoms with E-state index in [2.05, 4.69) is 430 Å². The van der Waals surface area contributed by atoms with E-state index in [9.17, 15) is 13.0 Å². The fourth-order valence-corrected chi connectivity index (χ4v) is 29.9. The molecule has 31 heteroatoms. The molecule has 0 spiro atoms. The second kappa shape index (κ2) is 17.9. The molecular formula is C13HBr27O3S. The maximum Gasteiger partial charge on any atom is 0.293 e. The quantitative estimate of drug-likeness (QED) is 0.156. The zero-order chi connectivity index (χ0) is 37.0. The third-order valence-corrected chi connectivity index (χ3v) is 64.7. The topological polar surface area (TPSA) is 54.4 Å². The molecule has 0 saturated carbocycles. The summed E-state index contributed by atoms with van der Waals surface area (Å²) < 4.78 is 16.6. The first kappa shape index (κ1) is 56.9. The molecule has 0 aromatic heterocycles. The van der Waals surface area contributed by atoms with Crippen LogP contribution in [0, 0.1) is 0 Å². The molecule has 0 aliphatic rings. The van der Waals surface area contributed by atoms with Crippen molar-refractivity contribution in [2.24, 2.45) is 0 Å². The molecule has 0 rings (SSSR count). The van der Waals surface area contributed by atoms with Crippen LogP contribution in [0.15, 0.2) is 0 Å².